The van der Waals surface area contributed by atoms with Crippen LogP contribution in [0.3, 0.4) is 0 Å². The number of phenols is 1. The number of carbonyl (C=O) groups excluding carboxylic acids is 4. The Balaban J connectivity index is 2.03. The lowest BCUT2D eigenvalue weighted by atomic mass is 10.0. The summed E-state index contributed by atoms with van der Waals surface area (Å²) < 4.78 is 0. The molecule has 0 spiro atoms. The lowest BCUT2D eigenvalue weighted by molar-refractivity contribution is -0.138. The third-order valence-corrected chi connectivity index (χ3v) is 5.32. The summed E-state index contributed by atoms with van der Waals surface area (Å²) in [7, 11) is 0. The zero-order valence-corrected chi connectivity index (χ0v) is 20.4. The second kappa shape index (κ2) is 14.9. The zero-order chi connectivity index (χ0) is 28.1. The van der Waals surface area contributed by atoms with E-state index in [2.05, 4.69) is 21.3 Å². The molecule has 3 unspecified atom stereocenters. The summed E-state index contributed by atoms with van der Waals surface area (Å²) in [6.45, 7) is -1.92. The van der Waals surface area contributed by atoms with Gasteiger partial charge < -0.3 is 42.3 Å². The summed E-state index contributed by atoms with van der Waals surface area (Å²) >= 11 is 0. The van der Waals surface area contributed by atoms with Crippen molar-refractivity contribution in [3.8, 4) is 5.75 Å². The number of rotatable bonds is 14. The fourth-order valence-electron chi connectivity index (χ4n) is 3.31. The van der Waals surface area contributed by atoms with E-state index in [1.807, 2.05) is 0 Å². The van der Waals surface area contributed by atoms with Gasteiger partial charge in [0.2, 0.25) is 23.6 Å². The maximum atomic E-state index is 12.9. The number of hydrogen-bond acceptors (Lipinski definition) is 8. The van der Waals surface area contributed by atoms with Crippen molar-refractivity contribution in [2.45, 2.75) is 31.0 Å². The van der Waals surface area contributed by atoms with Crippen LogP contribution in [0.15, 0.2) is 54.6 Å². The Kier molecular flexibility index (Phi) is 11.7. The quantitative estimate of drug-likeness (QED) is 0.133. The average molecular weight is 530 g/mol. The first-order valence-corrected chi connectivity index (χ1v) is 11.6. The first-order valence-electron chi connectivity index (χ1n) is 11.6. The van der Waals surface area contributed by atoms with Gasteiger partial charge in [0.15, 0.2) is 0 Å². The van der Waals surface area contributed by atoms with Crippen LogP contribution >= 0.6 is 0 Å². The van der Waals surface area contributed by atoms with Crippen LogP contribution in [0.1, 0.15) is 11.1 Å². The summed E-state index contributed by atoms with van der Waals surface area (Å²) in [5.74, 6) is -4.25. The number of carboxylic acids is 1. The average Bonchev–Trinajstić information content (AvgIpc) is 2.90. The van der Waals surface area contributed by atoms with Crippen LogP contribution in [0.5, 0.6) is 5.75 Å². The Morgan fingerprint density at radius 1 is 0.737 bits per heavy atom. The number of benzene rings is 2. The van der Waals surface area contributed by atoms with Gasteiger partial charge in [-0.2, -0.15) is 0 Å². The van der Waals surface area contributed by atoms with Crippen LogP contribution in [0.25, 0.3) is 0 Å². The van der Waals surface area contributed by atoms with Crippen molar-refractivity contribution in [1.29, 1.82) is 0 Å². The normalized spacial score (nSPS) is 12.9. The van der Waals surface area contributed by atoms with Gasteiger partial charge in [-0.25, -0.2) is 0 Å². The highest BCUT2D eigenvalue weighted by molar-refractivity contribution is 5.94. The number of phenolic OH excluding ortho intramolecular Hbond substituents is 1. The lowest BCUT2D eigenvalue weighted by Gasteiger charge is -2.23. The highest BCUT2D eigenvalue weighted by Gasteiger charge is 2.28. The molecule has 9 N–H and O–H groups in total. The Morgan fingerprint density at radius 3 is 1.95 bits per heavy atom. The molecule has 204 valence electrons. The van der Waals surface area contributed by atoms with Crippen molar-refractivity contribution in [3.05, 3.63) is 65.7 Å². The van der Waals surface area contributed by atoms with Crippen molar-refractivity contribution in [2.75, 3.05) is 19.7 Å². The second-order valence-corrected chi connectivity index (χ2v) is 8.36. The van der Waals surface area contributed by atoms with Crippen molar-refractivity contribution >= 4 is 29.6 Å². The molecule has 0 aliphatic heterocycles. The van der Waals surface area contributed by atoms with E-state index in [4.69, 9.17) is 10.8 Å². The molecule has 2 aromatic rings. The third-order valence-electron chi connectivity index (χ3n) is 5.32. The molecule has 13 nitrogen and oxygen atoms in total. The second-order valence-electron chi connectivity index (χ2n) is 8.36. The summed E-state index contributed by atoms with van der Waals surface area (Å²) in [5.41, 5.74) is 7.28. The molecule has 13 heteroatoms. The molecule has 38 heavy (non-hydrogen) atoms. The number of aliphatic hydroxyl groups excluding tert-OH is 1. The molecule has 0 aliphatic rings. The molecule has 0 saturated carbocycles. The third kappa shape index (κ3) is 10.2. The van der Waals surface area contributed by atoms with E-state index >= 15 is 0 Å². The van der Waals surface area contributed by atoms with Gasteiger partial charge in [0.25, 0.3) is 0 Å². The first-order chi connectivity index (χ1) is 18.1. The van der Waals surface area contributed by atoms with E-state index in [1.54, 1.807) is 42.5 Å². The minimum Gasteiger partial charge on any atom is -0.508 e. The minimum atomic E-state index is -1.42. The largest absolute Gasteiger partial charge is 0.508 e. The molecule has 0 bridgehead atoms. The molecule has 0 saturated heterocycles. The fourth-order valence-corrected chi connectivity index (χ4v) is 3.31. The van der Waals surface area contributed by atoms with Crippen LogP contribution in [0, 0.1) is 0 Å². The van der Waals surface area contributed by atoms with Crippen LogP contribution in [-0.4, -0.2) is 82.7 Å². The molecular weight excluding hydrogens is 498 g/mol. The number of aliphatic carboxylic acids is 1. The molecule has 0 aliphatic carbocycles. The fraction of sp³-hybridized carbons (Fsp3) is 0.320. The minimum absolute atomic E-state index is 0.0294. The molecule has 2 rings (SSSR count). The predicted molar refractivity (Wildman–Crippen MR) is 135 cm³/mol. The molecule has 0 fully saturated rings. The first kappa shape index (κ1) is 29.7. The number of aromatic hydroxyl groups is 1. The van der Waals surface area contributed by atoms with E-state index < -0.39 is 67.4 Å². The SMILES string of the molecule is NC(Cc1ccc(O)cc1)C(=O)NC(CO)C(=O)NC(Cc1ccccc1)C(=O)NCC(=O)NCC(=O)O. The Hall–Kier alpha value is -4.49. The van der Waals surface area contributed by atoms with E-state index in [0.29, 0.717) is 11.1 Å². The van der Waals surface area contributed by atoms with E-state index in [1.165, 1.54) is 12.1 Å². The van der Waals surface area contributed by atoms with Gasteiger partial charge in [-0.05, 0) is 29.7 Å². The maximum Gasteiger partial charge on any atom is 0.322 e. The molecule has 4 amide bonds. The molecule has 0 heterocycles. The smallest absolute Gasteiger partial charge is 0.322 e. The van der Waals surface area contributed by atoms with Gasteiger partial charge in [0.05, 0.1) is 19.2 Å². The number of aliphatic hydroxyl groups is 1. The van der Waals surface area contributed by atoms with Gasteiger partial charge in [0, 0.05) is 6.42 Å². The van der Waals surface area contributed by atoms with Crippen LogP contribution in [-0.2, 0) is 36.8 Å². The van der Waals surface area contributed by atoms with Gasteiger partial charge in [-0.3, -0.25) is 24.0 Å². The molecule has 2 aromatic carbocycles. The topological polar surface area (TPSA) is 220 Å². The Bertz CT molecular complexity index is 1110. The van der Waals surface area contributed by atoms with Crippen molar-refractivity contribution in [2.24, 2.45) is 5.73 Å². The summed E-state index contributed by atoms with van der Waals surface area (Å²) in [6, 6.07) is 11.1. The predicted octanol–water partition coefficient (Wildman–Crippen LogP) is -2.22. The van der Waals surface area contributed by atoms with E-state index in [-0.39, 0.29) is 18.6 Å². The van der Waals surface area contributed by atoms with Crippen molar-refractivity contribution in [1.82, 2.24) is 21.3 Å². The van der Waals surface area contributed by atoms with Gasteiger partial charge in [-0.1, -0.05) is 42.5 Å². The molecule has 0 aromatic heterocycles. The van der Waals surface area contributed by atoms with Crippen LogP contribution in [0.4, 0.5) is 0 Å². The summed E-state index contributed by atoms with van der Waals surface area (Å²) in [4.78, 5) is 60.5. The number of amides is 4. The monoisotopic (exact) mass is 529 g/mol. The number of nitrogens with two attached hydrogens (primary N) is 1. The van der Waals surface area contributed by atoms with E-state index in [0.717, 1.165) is 0 Å². The van der Waals surface area contributed by atoms with Crippen molar-refractivity contribution < 1.29 is 39.3 Å². The molecule has 3 atom stereocenters. The maximum absolute atomic E-state index is 12.9. The number of nitrogens with one attached hydrogen (secondary N) is 4. The molecule has 0 radical (unpaired) electrons. The number of carboxylic acid groups (broad SMARTS) is 1. The van der Waals surface area contributed by atoms with Gasteiger partial charge in [-0.15, -0.1) is 0 Å². The summed E-state index contributed by atoms with van der Waals surface area (Å²) in [5, 5.41) is 37.0. The Labute approximate surface area is 218 Å². The van der Waals surface area contributed by atoms with Crippen LogP contribution in [0.2, 0.25) is 0 Å². The van der Waals surface area contributed by atoms with Crippen LogP contribution < -0.4 is 27.0 Å². The Morgan fingerprint density at radius 2 is 1.34 bits per heavy atom. The zero-order valence-electron chi connectivity index (χ0n) is 20.4. The standard InChI is InChI=1S/C25H31N5O8/c26-18(10-16-6-8-17(32)9-7-16)23(36)30-20(14-31)25(38)29-19(11-15-4-2-1-3-5-15)24(37)28-12-21(33)27-13-22(34)35/h1-9,18-20,31-32H,10-14,26H2,(H,27,33)(H,28,37)(H,29,38)(H,30,36)(H,34,35). The highest BCUT2D eigenvalue weighted by Crippen LogP contribution is 2.11. The van der Waals surface area contributed by atoms with Crippen molar-refractivity contribution in [3.63, 3.8) is 0 Å². The lowest BCUT2D eigenvalue weighted by Crippen LogP contribution is -2.58. The van der Waals surface area contributed by atoms with Gasteiger partial charge >= 0.3 is 5.97 Å². The summed E-state index contributed by atoms with van der Waals surface area (Å²) in [6.07, 6.45) is 0.135. The number of hydrogen-bond donors (Lipinski definition) is 8. The van der Waals surface area contributed by atoms with Gasteiger partial charge in [0.1, 0.15) is 24.4 Å². The highest BCUT2D eigenvalue weighted by atomic mass is 16.4. The van der Waals surface area contributed by atoms with E-state index in [9.17, 15) is 34.2 Å². The number of carbonyl (C=O) groups is 5. The molecular formula is C25H31N5O8.